The van der Waals surface area contributed by atoms with Gasteiger partial charge in [-0.1, -0.05) is 17.7 Å². The maximum atomic E-state index is 12.1. The third-order valence-electron chi connectivity index (χ3n) is 3.65. The summed E-state index contributed by atoms with van der Waals surface area (Å²) in [5.74, 6) is 0.486. The van der Waals surface area contributed by atoms with Crippen molar-refractivity contribution in [3.63, 3.8) is 0 Å². The molecule has 2 aromatic rings. The van der Waals surface area contributed by atoms with Crippen LogP contribution in [0.4, 0.5) is 10.6 Å². The molecule has 2 amide bonds. The van der Waals surface area contributed by atoms with Crippen LogP contribution in [-0.4, -0.2) is 45.5 Å². The molecule has 0 saturated carbocycles. The molecule has 118 valence electrons. The minimum Gasteiger partial charge on any atom is -0.394 e. The Labute approximate surface area is 130 Å². The summed E-state index contributed by atoms with van der Waals surface area (Å²) in [4.78, 5) is 13.5. The monoisotopic (exact) mass is 302 g/mol. The predicted molar refractivity (Wildman–Crippen MR) is 86.4 cm³/mol. The molecule has 1 unspecified atom stereocenters. The maximum Gasteiger partial charge on any atom is 0.323 e. The Hall–Kier alpha value is -2.34. The van der Waals surface area contributed by atoms with E-state index in [2.05, 4.69) is 10.4 Å². The molecule has 1 atom stereocenters. The number of likely N-dealkylation sites (N-methyl/N-ethyl adjacent to an activating group) is 1. The Morgan fingerprint density at radius 2 is 2.00 bits per heavy atom. The van der Waals surface area contributed by atoms with E-state index in [1.54, 1.807) is 18.7 Å². The fourth-order valence-electron chi connectivity index (χ4n) is 2.00. The average Bonchev–Trinajstić information content (AvgIpc) is 2.86. The second-order valence-electron chi connectivity index (χ2n) is 5.49. The molecule has 6 heteroatoms. The number of aliphatic hydroxyl groups excluding tert-OH is 1. The van der Waals surface area contributed by atoms with E-state index in [0.29, 0.717) is 5.82 Å². The van der Waals surface area contributed by atoms with Gasteiger partial charge >= 0.3 is 6.03 Å². The first kappa shape index (κ1) is 16.0. The van der Waals surface area contributed by atoms with Crippen molar-refractivity contribution in [1.82, 2.24) is 14.7 Å². The summed E-state index contributed by atoms with van der Waals surface area (Å²) in [6.07, 6.45) is 0. The summed E-state index contributed by atoms with van der Waals surface area (Å²) in [6, 6.07) is 9.28. The molecule has 2 rings (SSSR count). The lowest BCUT2D eigenvalue weighted by Crippen LogP contribution is -2.40. The number of nitrogens with one attached hydrogen (secondary N) is 1. The number of nitrogens with zero attached hydrogens (tertiary/aromatic N) is 3. The molecule has 0 radical (unpaired) electrons. The molecule has 0 saturated heterocycles. The lowest BCUT2D eigenvalue weighted by Gasteiger charge is -2.22. The molecule has 0 spiro atoms. The minimum atomic E-state index is -0.296. The van der Waals surface area contributed by atoms with E-state index in [1.165, 1.54) is 10.5 Å². The summed E-state index contributed by atoms with van der Waals surface area (Å²) in [5, 5.41) is 16.3. The largest absolute Gasteiger partial charge is 0.394 e. The summed E-state index contributed by atoms with van der Waals surface area (Å²) in [5.41, 5.74) is 3.05. The van der Waals surface area contributed by atoms with Crippen molar-refractivity contribution in [3.05, 3.63) is 41.6 Å². The molecular weight excluding hydrogens is 280 g/mol. The number of carbonyl (C=O) groups excluding carboxylic acids is 1. The van der Waals surface area contributed by atoms with Crippen LogP contribution in [-0.2, 0) is 0 Å². The first-order valence-corrected chi connectivity index (χ1v) is 7.20. The van der Waals surface area contributed by atoms with E-state index in [1.807, 2.05) is 44.2 Å². The minimum absolute atomic E-state index is 0.0826. The van der Waals surface area contributed by atoms with E-state index < -0.39 is 0 Å². The molecular formula is C16H22N4O2. The van der Waals surface area contributed by atoms with Crippen molar-refractivity contribution >= 4 is 11.8 Å². The Bertz CT molecular complexity index is 649. The zero-order valence-corrected chi connectivity index (χ0v) is 13.4. The highest BCUT2D eigenvalue weighted by Crippen LogP contribution is 2.16. The Morgan fingerprint density at radius 1 is 1.36 bits per heavy atom. The van der Waals surface area contributed by atoms with Crippen LogP contribution >= 0.6 is 0 Å². The molecule has 22 heavy (non-hydrogen) atoms. The van der Waals surface area contributed by atoms with Crippen molar-refractivity contribution in [3.8, 4) is 5.69 Å². The third kappa shape index (κ3) is 3.46. The number of rotatable bonds is 4. The highest BCUT2D eigenvalue weighted by atomic mass is 16.3. The first-order valence-electron chi connectivity index (χ1n) is 7.20. The van der Waals surface area contributed by atoms with E-state index in [9.17, 15) is 4.79 Å². The predicted octanol–water partition coefficient (Wildman–Crippen LogP) is 2.33. The Kier molecular flexibility index (Phi) is 4.82. The van der Waals surface area contributed by atoms with Crippen LogP contribution in [0.2, 0.25) is 0 Å². The summed E-state index contributed by atoms with van der Waals surface area (Å²) in [7, 11) is 1.64. The zero-order chi connectivity index (χ0) is 16.3. The molecule has 0 aliphatic carbocycles. The number of anilines is 1. The van der Waals surface area contributed by atoms with Gasteiger partial charge in [0.05, 0.1) is 18.3 Å². The molecule has 1 heterocycles. The average molecular weight is 302 g/mol. The number of aryl methyl sites for hydroxylation is 2. The van der Waals surface area contributed by atoms with Crippen LogP contribution in [0.3, 0.4) is 0 Å². The van der Waals surface area contributed by atoms with Crippen molar-refractivity contribution in [2.75, 3.05) is 19.0 Å². The number of carbonyl (C=O) groups is 1. The van der Waals surface area contributed by atoms with Crippen LogP contribution < -0.4 is 5.32 Å². The van der Waals surface area contributed by atoms with Gasteiger partial charge < -0.3 is 10.0 Å². The van der Waals surface area contributed by atoms with Crippen molar-refractivity contribution < 1.29 is 9.90 Å². The van der Waals surface area contributed by atoms with Gasteiger partial charge in [-0.2, -0.15) is 0 Å². The molecule has 1 aromatic carbocycles. The van der Waals surface area contributed by atoms with Gasteiger partial charge in [0, 0.05) is 18.8 Å². The Balaban J connectivity index is 2.16. The summed E-state index contributed by atoms with van der Waals surface area (Å²) in [6.45, 7) is 5.66. The zero-order valence-electron chi connectivity index (χ0n) is 13.4. The lowest BCUT2D eigenvalue weighted by molar-refractivity contribution is 0.166. The second-order valence-corrected chi connectivity index (χ2v) is 5.49. The Morgan fingerprint density at radius 3 is 2.59 bits per heavy atom. The second kappa shape index (κ2) is 6.62. The normalized spacial score (nSPS) is 12.0. The fraction of sp³-hybridized carbons (Fsp3) is 0.375. The van der Waals surface area contributed by atoms with Gasteiger partial charge in [0.15, 0.2) is 5.82 Å². The number of urea groups is 1. The summed E-state index contributed by atoms with van der Waals surface area (Å²) >= 11 is 0. The van der Waals surface area contributed by atoms with Gasteiger partial charge in [0.1, 0.15) is 0 Å². The molecule has 6 nitrogen and oxygen atoms in total. The van der Waals surface area contributed by atoms with Crippen LogP contribution in [0.1, 0.15) is 18.2 Å². The number of aromatic nitrogens is 2. The number of aliphatic hydroxyl groups is 1. The molecule has 0 fully saturated rings. The van der Waals surface area contributed by atoms with E-state index in [0.717, 1.165) is 11.4 Å². The SMILES string of the molecule is Cc1ccc(-n2nc(NC(=O)N(C)C(C)CO)cc2C)cc1. The lowest BCUT2D eigenvalue weighted by atomic mass is 10.2. The molecule has 0 aliphatic heterocycles. The van der Waals surface area contributed by atoms with Gasteiger partial charge in [0.25, 0.3) is 0 Å². The van der Waals surface area contributed by atoms with Crippen LogP contribution in [0.15, 0.2) is 30.3 Å². The number of amides is 2. The van der Waals surface area contributed by atoms with Crippen molar-refractivity contribution in [2.45, 2.75) is 26.8 Å². The van der Waals surface area contributed by atoms with E-state index >= 15 is 0 Å². The van der Waals surface area contributed by atoms with Gasteiger partial charge in [0.2, 0.25) is 0 Å². The molecule has 0 aliphatic rings. The molecule has 2 N–H and O–H groups in total. The van der Waals surface area contributed by atoms with Gasteiger partial charge in [-0.05, 0) is 32.9 Å². The standard InChI is InChI=1S/C16H22N4O2/c1-11-5-7-14(8-6-11)20-12(2)9-15(18-20)17-16(22)19(4)13(3)10-21/h5-9,13,21H,10H2,1-4H3,(H,17,18,22). The van der Waals surface area contributed by atoms with Gasteiger partial charge in [-0.3, -0.25) is 5.32 Å². The molecule has 1 aromatic heterocycles. The third-order valence-corrected chi connectivity index (χ3v) is 3.65. The first-order chi connectivity index (χ1) is 10.4. The summed E-state index contributed by atoms with van der Waals surface area (Å²) < 4.78 is 1.78. The van der Waals surface area contributed by atoms with Crippen LogP contribution in [0.25, 0.3) is 5.69 Å². The fourth-order valence-corrected chi connectivity index (χ4v) is 2.00. The van der Waals surface area contributed by atoms with E-state index in [4.69, 9.17) is 5.11 Å². The highest BCUT2D eigenvalue weighted by Gasteiger charge is 2.16. The van der Waals surface area contributed by atoms with Crippen molar-refractivity contribution in [1.29, 1.82) is 0 Å². The molecule has 0 bridgehead atoms. The number of hydrogen-bond donors (Lipinski definition) is 2. The smallest absolute Gasteiger partial charge is 0.323 e. The van der Waals surface area contributed by atoms with Crippen molar-refractivity contribution in [2.24, 2.45) is 0 Å². The van der Waals surface area contributed by atoms with Crippen LogP contribution in [0.5, 0.6) is 0 Å². The topological polar surface area (TPSA) is 70.4 Å². The van der Waals surface area contributed by atoms with Gasteiger partial charge in [-0.25, -0.2) is 9.48 Å². The van der Waals surface area contributed by atoms with Gasteiger partial charge in [-0.15, -0.1) is 5.10 Å². The quantitative estimate of drug-likeness (QED) is 0.910. The van der Waals surface area contributed by atoms with E-state index in [-0.39, 0.29) is 18.7 Å². The maximum absolute atomic E-state index is 12.1. The highest BCUT2D eigenvalue weighted by molar-refractivity contribution is 5.88. The van der Waals surface area contributed by atoms with Crippen LogP contribution in [0, 0.1) is 13.8 Å². The number of hydrogen-bond acceptors (Lipinski definition) is 3. The number of benzene rings is 1.